The van der Waals surface area contributed by atoms with E-state index in [1.54, 1.807) is 13.8 Å². The molecule has 0 amide bonds. The molecule has 4 rings (SSSR count). The molecule has 0 unspecified atom stereocenters. The van der Waals surface area contributed by atoms with Gasteiger partial charge in [0.2, 0.25) is 0 Å². The Morgan fingerprint density at radius 3 is 1.44 bits per heavy atom. The quantitative estimate of drug-likeness (QED) is 0.186. The molecule has 4 heteroatoms. The maximum Gasteiger partial charge on any atom is 0.143 e. The molecule has 234 valence electrons. The number of likely N-dealkylation sites (N-methyl/N-ethyl adjacent to an activating group) is 2. The van der Waals surface area contributed by atoms with Crippen molar-refractivity contribution in [1.29, 1.82) is 0 Å². The standard InChI is InChI=1S/C18H21NO.C15H17NO.3C2H6/c1-15(20)13-19(2)14-18(16-9-5-3-6-10-16)17-11-7-4-8-12-17;1-12(17)10-16(2)11-13-7-8-14-5-3-4-6-15(14)9-13;3*1-2/h3-12,18H,13-14H2,1-2H3;3-9H,10-11H2,1-2H3;3*1-2H3. The zero-order valence-electron chi connectivity index (χ0n) is 28.4. The largest absolute Gasteiger partial charge is 0.299 e. The molecule has 4 nitrogen and oxygen atoms in total. The number of rotatable bonds is 10. The highest BCUT2D eigenvalue weighted by Crippen LogP contribution is 2.25. The number of ketones is 2. The van der Waals surface area contributed by atoms with Gasteiger partial charge in [0.05, 0.1) is 13.1 Å². The Kier molecular flexibility index (Phi) is 21.9. The lowest BCUT2D eigenvalue weighted by molar-refractivity contribution is -0.118. The molecule has 43 heavy (non-hydrogen) atoms. The number of carbonyl (C=O) groups excluding carboxylic acids is 2. The van der Waals surface area contributed by atoms with Gasteiger partial charge in [-0.3, -0.25) is 19.4 Å². The van der Waals surface area contributed by atoms with Crippen LogP contribution in [-0.4, -0.2) is 55.1 Å². The van der Waals surface area contributed by atoms with Gasteiger partial charge in [0.1, 0.15) is 11.6 Å². The summed E-state index contributed by atoms with van der Waals surface area (Å²) in [6.07, 6.45) is 0. The van der Waals surface area contributed by atoms with Crippen molar-refractivity contribution in [2.24, 2.45) is 0 Å². The van der Waals surface area contributed by atoms with Crippen LogP contribution in [0.15, 0.2) is 103 Å². The number of benzene rings is 4. The molecule has 4 aromatic carbocycles. The summed E-state index contributed by atoms with van der Waals surface area (Å²) in [6.45, 7) is 17.9. The molecule has 0 aliphatic carbocycles. The number of Topliss-reactive ketones (excluding diaryl/α,β-unsaturated/α-hetero) is 2. The molecule has 0 N–H and O–H groups in total. The van der Waals surface area contributed by atoms with E-state index in [9.17, 15) is 9.59 Å². The van der Waals surface area contributed by atoms with E-state index in [2.05, 4.69) is 83.8 Å². The van der Waals surface area contributed by atoms with Crippen LogP contribution < -0.4 is 0 Å². The summed E-state index contributed by atoms with van der Waals surface area (Å²) in [7, 11) is 3.97. The average Bonchev–Trinajstić information content (AvgIpc) is 3.03. The third kappa shape index (κ3) is 16.0. The molecule has 0 radical (unpaired) electrons. The summed E-state index contributed by atoms with van der Waals surface area (Å²) >= 11 is 0. The van der Waals surface area contributed by atoms with Crippen molar-refractivity contribution in [2.45, 2.75) is 67.9 Å². The minimum atomic E-state index is 0.201. The summed E-state index contributed by atoms with van der Waals surface area (Å²) in [5, 5.41) is 2.51. The third-order valence-corrected chi connectivity index (χ3v) is 6.15. The van der Waals surface area contributed by atoms with Gasteiger partial charge in [0, 0.05) is 19.0 Å². The van der Waals surface area contributed by atoms with Crippen molar-refractivity contribution < 1.29 is 9.59 Å². The second-order valence-electron chi connectivity index (χ2n) is 9.83. The molecule has 0 aliphatic rings. The Balaban J connectivity index is 0.000000705. The second-order valence-corrected chi connectivity index (χ2v) is 9.83. The number of nitrogens with zero attached hydrogens (tertiary/aromatic N) is 2. The normalized spacial score (nSPS) is 9.88. The number of carbonyl (C=O) groups is 2. The first-order valence-corrected chi connectivity index (χ1v) is 15.8. The fourth-order valence-corrected chi connectivity index (χ4v) is 4.62. The van der Waals surface area contributed by atoms with E-state index in [1.165, 1.54) is 27.5 Å². The second kappa shape index (κ2) is 23.9. The van der Waals surface area contributed by atoms with Gasteiger partial charge in [0.25, 0.3) is 0 Å². The van der Waals surface area contributed by atoms with Crippen LogP contribution in [0.3, 0.4) is 0 Å². The first-order chi connectivity index (χ1) is 20.8. The van der Waals surface area contributed by atoms with E-state index in [0.29, 0.717) is 19.0 Å². The van der Waals surface area contributed by atoms with Crippen LogP contribution >= 0.6 is 0 Å². The predicted molar refractivity (Wildman–Crippen MR) is 188 cm³/mol. The van der Waals surface area contributed by atoms with Crippen LogP contribution in [0.2, 0.25) is 0 Å². The van der Waals surface area contributed by atoms with E-state index in [-0.39, 0.29) is 11.6 Å². The minimum absolute atomic E-state index is 0.201. The lowest BCUT2D eigenvalue weighted by Crippen LogP contribution is -2.29. The SMILES string of the molecule is CC.CC.CC.CC(=O)CN(C)CC(c1ccccc1)c1ccccc1.CC(=O)CN(C)Cc1ccc2ccccc2c1. The van der Waals surface area contributed by atoms with Crippen LogP contribution in [0.25, 0.3) is 10.8 Å². The van der Waals surface area contributed by atoms with E-state index in [1.807, 2.05) is 84.8 Å². The molecule has 0 bridgehead atoms. The Hall–Kier alpha value is -3.60. The van der Waals surface area contributed by atoms with E-state index < -0.39 is 0 Å². The van der Waals surface area contributed by atoms with Crippen LogP contribution in [-0.2, 0) is 16.1 Å². The van der Waals surface area contributed by atoms with Gasteiger partial charge < -0.3 is 0 Å². The minimum Gasteiger partial charge on any atom is -0.299 e. The molecule has 0 aromatic heterocycles. The van der Waals surface area contributed by atoms with Gasteiger partial charge in [-0.25, -0.2) is 0 Å². The summed E-state index contributed by atoms with van der Waals surface area (Å²) in [5.74, 6) is 0.697. The van der Waals surface area contributed by atoms with Crippen molar-refractivity contribution in [3.8, 4) is 0 Å². The smallest absolute Gasteiger partial charge is 0.143 e. The highest BCUT2D eigenvalue weighted by molar-refractivity contribution is 5.83. The van der Waals surface area contributed by atoms with Crippen molar-refractivity contribution >= 4 is 22.3 Å². The number of fused-ring (bicyclic) bond motifs is 1. The first-order valence-electron chi connectivity index (χ1n) is 15.8. The molecule has 0 heterocycles. The zero-order chi connectivity index (χ0) is 32.6. The van der Waals surface area contributed by atoms with Gasteiger partial charge >= 0.3 is 0 Å². The Morgan fingerprint density at radius 2 is 0.977 bits per heavy atom. The van der Waals surface area contributed by atoms with Crippen molar-refractivity contribution in [3.05, 3.63) is 120 Å². The van der Waals surface area contributed by atoms with Crippen LogP contribution in [0.5, 0.6) is 0 Å². The van der Waals surface area contributed by atoms with Crippen LogP contribution in [0.4, 0.5) is 0 Å². The Labute approximate surface area is 262 Å². The van der Waals surface area contributed by atoms with E-state index in [4.69, 9.17) is 0 Å². The molecule has 0 spiro atoms. The fourth-order valence-electron chi connectivity index (χ4n) is 4.62. The first kappa shape index (κ1) is 39.4. The zero-order valence-corrected chi connectivity index (χ0v) is 28.4. The number of hydrogen-bond donors (Lipinski definition) is 0. The monoisotopic (exact) mass is 584 g/mol. The Morgan fingerprint density at radius 1 is 0.558 bits per heavy atom. The molecule has 0 atom stereocenters. The molecule has 0 saturated heterocycles. The van der Waals surface area contributed by atoms with Gasteiger partial charge in [-0.05, 0) is 61.5 Å². The van der Waals surface area contributed by atoms with E-state index in [0.717, 1.165) is 13.1 Å². The molecule has 4 aromatic rings. The lowest BCUT2D eigenvalue weighted by atomic mass is 9.91. The predicted octanol–water partition coefficient (Wildman–Crippen LogP) is 9.28. The summed E-state index contributed by atoms with van der Waals surface area (Å²) in [5.41, 5.74) is 3.82. The maximum absolute atomic E-state index is 11.3. The topological polar surface area (TPSA) is 40.6 Å². The molecular weight excluding hydrogens is 528 g/mol. The summed E-state index contributed by atoms with van der Waals surface area (Å²) < 4.78 is 0. The lowest BCUT2D eigenvalue weighted by Gasteiger charge is -2.24. The fraction of sp³-hybridized carbons (Fsp3) is 0.385. The van der Waals surface area contributed by atoms with Gasteiger partial charge in [0.15, 0.2) is 0 Å². The summed E-state index contributed by atoms with van der Waals surface area (Å²) in [6, 6.07) is 35.7. The molecule has 0 aliphatic heterocycles. The van der Waals surface area contributed by atoms with Gasteiger partial charge in [-0.1, -0.05) is 139 Å². The average molecular weight is 585 g/mol. The van der Waals surface area contributed by atoms with Gasteiger partial charge in [-0.15, -0.1) is 0 Å². The highest BCUT2D eigenvalue weighted by Gasteiger charge is 2.16. The molecular formula is C39H56N2O2. The van der Waals surface area contributed by atoms with Crippen molar-refractivity contribution in [1.82, 2.24) is 9.80 Å². The maximum atomic E-state index is 11.3. The van der Waals surface area contributed by atoms with Crippen molar-refractivity contribution in [2.75, 3.05) is 33.7 Å². The molecule has 0 saturated carbocycles. The van der Waals surface area contributed by atoms with Crippen LogP contribution in [0.1, 0.15) is 78.0 Å². The third-order valence-electron chi connectivity index (χ3n) is 6.15. The Bertz CT molecular complexity index is 1230. The van der Waals surface area contributed by atoms with Crippen molar-refractivity contribution in [3.63, 3.8) is 0 Å². The van der Waals surface area contributed by atoms with Crippen LogP contribution in [0, 0.1) is 0 Å². The number of hydrogen-bond acceptors (Lipinski definition) is 4. The summed E-state index contributed by atoms with van der Waals surface area (Å²) in [4.78, 5) is 26.4. The molecule has 0 fully saturated rings. The highest BCUT2D eigenvalue weighted by atomic mass is 16.1. The van der Waals surface area contributed by atoms with Gasteiger partial charge in [-0.2, -0.15) is 0 Å². The van der Waals surface area contributed by atoms with E-state index >= 15 is 0 Å².